The summed E-state index contributed by atoms with van der Waals surface area (Å²) in [7, 11) is 3.27. The number of ether oxygens (including phenoxy) is 5. The molecule has 6 rings (SSSR count). The Morgan fingerprint density at radius 1 is 0.623 bits per heavy atom. The van der Waals surface area contributed by atoms with Gasteiger partial charge < -0.3 is 28.3 Å². The van der Waals surface area contributed by atoms with Crippen molar-refractivity contribution in [1.29, 1.82) is 0 Å². The number of pyridine rings is 1. The molecule has 0 fully saturated rings. The molecule has 0 amide bonds. The molecule has 0 radical (unpaired) electrons. The summed E-state index contributed by atoms with van der Waals surface area (Å²) in [5, 5.41) is 0.452. The standard InChI is InChI=1S/C46H49NO6/c1-5-7-17-33(6-2)29-47-39-27-38(49-3)28-42(52-31-35-20-13-9-14-21-35)43(39)45(48)46(53-32-36-22-15-10-16-23-36)44(47)37-24-25-40(41(26-37)50-4)51-30-34-18-11-8-12-19-34/h8-16,18-28,33H,5-7,17,29-32H2,1-4H3. The lowest BCUT2D eigenvalue weighted by atomic mass is 9.97. The van der Waals surface area contributed by atoms with Crippen molar-refractivity contribution in [3.8, 4) is 40.0 Å². The van der Waals surface area contributed by atoms with Gasteiger partial charge in [-0.05, 0) is 47.2 Å². The van der Waals surface area contributed by atoms with Gasteiger partial charge in [-0.2, -0.15) is 0 Å². The molecule has 0 saturated heterocycles. The Bertz CT molecular complexity index is 2130. The molecule has 0 bridgehead atoms. The van der Waals surface area contributed by atoms with Gasteiger partial charge in [0, 0.05) is 24.2 Å². The molecule has 1 aromatic heterocycles. The summed E-state index contributed by atoms with van der Waals surface area (Å²) < 4.78 is 33.3. The van der Waals surface area contributed by atoms with E-state index in [0.29, 0.717) is 59.8 Å². The van der Waals surface area contributed by atoms with Crippen LogP contribution in [0.4, 0.5) is 0 Å². The van der Waals surface area contributed by atoms with Crippen LogP contribution in [0.5, 0.6) is 28.7 Å². The number of hydrogen-bond donors (Lipinski definition) is 0. The first-order valence-corrected chi connectivity index (χ1v) is 18.5. The molecule has 6 aromatic rings. The second-order valence-electron chi connectivity index (χ2n) is 13.2. The van der Waals surface area contributed by atoms with Crippen molar-refractivity contribution < 1.29 is 23.7 Å². The van der Waals surface area contributed by atoms with Crippen molar-refractivity contribution in [2.45, 2.75) is 65.9 Å². The number of nitrogens with zero attached hydrogens (tertiary/aromatic N) is 1. The van der Waals surface area contributed by atoms with Crippen LogP contribution in [0.25, 0.3) is 22.2 Å². The van der Waals surface area contributed by atoms with Gasteiger partial charge in [0.1, 0.15) is 31.3 Å². The molecule has 53 heavy (non-hydrogen) atoms. The van der Waals surface area contributed by atoms with Gasteiger partial charge >= 0.3 is 0 Å². The molecule has 7 heteroatoms. The molecule has 0 aliphatic rings. The van der Waals surface area contributed by atoms with Gasteiger partial charge in [-0.25, -0.2) is 0 Å². The minimum atomic E-state index is -0.252. The van der Waals surface area contributed by atoms with Crippen LogP contribution in [0.2, 0.25) is 0 Å². The third kappa shape index (κ3) is 9.04. The summed E-state index contributed by atoms with van der Waals surface area (Å²) in [5.74, 6) is 2.80. The smallest absolute Gasteiger partial charge is 0.235 e. The highest BCUT2D eigenvalue weighted by Gasteiger charge is 2.26. The van der Waals surface area contributed by atoms with E-state index in [4.69, 9.17) is 23.7 Å². The van der Waals surface area contributed by atoms with E-state index in [0.717, 1.165) is 53.5 Å². The molecule has 0 saturated carbocycles. The quantitative estimate of drug-likeness (QED) is 0.0884. The monoisotopic (exact) mass is 711 g/mol. The molecular weight excluding hydrogens is 663 g/mol. The Morgan fingerprint density at radius 3 is 1.75 bits per heavy atom. The first-order valence-electron chi connectivity index (χ1n) is 18.5. The summed E-state index contributed by atoms with van der Waals surface area (Å²) in [6.07, 6.45) is 4.24. The van der Waals surface area contributed by atoms with Gasteiger partial charge in [0.25, 0.3) is 0 Å². The summed E-state index contributed by atoms with van der Waals surface area (Å²) in [6.45, 7) is 6.01. The lowest BCUT2D eigenvalue weighted by Gasteiger charge is -2.26. The SMILES string of the molecule is CCCCC(CC)Cn1c(-c2ccc(OCc3ccccc3)c(OC)c2)c(OCc2ccccc2)c(=O)c2c(OCc3ccccc3)cc(OC)cc21. The van der Waals surface area contributed by atoms with Gasteiger partial charge in [-0.1, -0.05) is 124 Å². The molecule has 274 valence electrons. The zero-order valence-electron chi connectivity index (χ0n) is 31.2. The predicted molar refractivity (Wildman–Crippen MR) is 212 cm³/mol. The number of unbranched alkanes of at least 4 members (excludes halogenated alkanes) is 1. The topological polar surface area (TPSA) is 68.2 Å². The second kappa shape index (κ2) is 18.2. The molecular formula is C46H49NO6. The highest BCUT2D eigenvalue weighted by molar-refractivity contribution is 5.92. The number of rotatable bonds is 18. The van der Waals surface area contributed by atoms with Crippen molar-refractivity contribution in [2.24, 2.45) is 5.92 Å². The van der Waals surface area contributed by atoms with E-state index >= 15 is 4.79 Å². The van der Waals surface area contributed by atoms with Crippen LogP contribution in [-0.2, 0) is 26.4 Å². The van der Waals surface area contributed by atoms with Crippen molar-refractivity contribution in [2.75, 3.05) is 14.2 Å². The van der Waals surface area contributed by atoms with E-state index in [1.165, 1.54) is 0 Å². The summed E-state index contributed by atoms with van der Waals surface area (Å²) >= 11 is 0. The highest BCUT2D eigenvalue weighted by atomic mass is 16.5. The first kappa shape index (κ1) is 37.1. The largest absolute Gasteiger partial charge is 0.497 e. The maximum atomic E-state index is 15.0. The highest BCUT2D eigenvalue weighted by Crippen LogP contribution is 2.41. The molecule has 0 aliphatic heterocycles. The number of benzene rings is 5. The van der Waals surface area contributed by atoms with Crippen LogP contribution in [0, 0.1) is 5.92 Å². The Balaban J connectivity index is 1.57. The minimum absolute atomic E-state index is 0.216. The lowest BCUT2D eigenvalue weighted by molar-refractivity contribution is 0.284. The third-order valence-electron chi connectivity index (χ3n) is 9.62. The van der Waals surface area contributed by atoms with Crippen molar-refractivity contribution in [3.63, 3.8) is 0 Å². The number of hydrogen-bond acceptors (Lipinski definition) is 6. The van der Waals surface area contributed by atoms with Gasteiger partial charge in [0.05, 0.1) is 30.8 Å². The van der Waals surface area contributed by atoms with Gasteiger partial charge in [-0.3, -0.25) is 4.79 Å². The normalized spacial score (nSPS) is 11.6. The molecule has 1 unspecified atom stereocenters. The zero-order valence-corrected chi connectivity index (χ0v) is 31.2. The molecule has 0 N–H and O–H groups in total. The van der Waals surface area contributed by atoms with E-state index in [1.807, 2.05) is 115 Å². The maximum absolute atomic E-state index is 15.0. The van der Waals surface area contributed by atoms with Crippen LogP contribution < -0.4 is 29.1 Å². The van der Waals surface area contributed by atoms with Gasteiger partial charge in [-0.15, -0.1) is 0 Å². The fourth-order valence-electron chi connectivity index (χ4n) is 6.63. The third-order valence-corrected chi connectivity index (χ3v) is 9.62. The average Bonchev–Trinajstić information content (AvgIpc) is 3.21. The Morgan fingerprint density at radius 2 is 1.21 bits per heavy atom. The summed E-state index contributed by atoms with van der Waals surface area (Å²) in [5.41, 5.74) is 4.91. The zero-order chi connectivity index (χ0) is 37.0. The number of fused-ring (bicyclic) bond motifs is 1. The van der Waals surface area contributed by atoms with Crippen LogP contribution >= 0.6 is 0 Å². The molecule has 7 nitrogen and oxygen atoms in total. The van der Waals surface area contributed by atoms with Gasteiger partial charge in [0.2, 0.25) is 5.43 Å². The Hall–Kier alpha value is -5.69. The predicted octanol–water partition coefficient (Wildman–Crippen LogP) is 10.6. The van der Waals surface area contributed by atoms with Crippen LogP contribution in [0.15, 0.2) is 126 Å². The van der Waals surface area contributed by atoms with Crippen LogP contribution in [-0.4, -0.2) is 18.8 Å². The van der Waals surface area contributed by atoms with Crippen LogP contribution in [0.3, 0.4) is 0 Å². The first-order chi connectivity index (χ1) is 26.0. The number of aromatic nitrogens is 1. The van der Waals surface area contributed by atoms with E-state index in [1.54, 1.807) is 20.3 Å². The van der Waals surface area contributed by atoms with Crippen molar-refractivity contribution in [1.82, 2.24) is 4.57 Å². The van der Waals surface area contributed by atoms with E-state index in [-0.39, 0.29) is 17.8 Å². The molecule has 1 heterocycles. The van der Waals surface area contributed by atoms with Crippen molar-refractivity contribution in [3.05, 3.63) is 148 Å². The average molecular weight is 712 g/mol. The second-order valence-corrected chi connectivity index (χ2v) is 13.2. The minimum Gasteiger partial charge on any atom is -0.497 e. The Labute approximate surface area is 312 Å². The molecule has 0 aliphatic carbocycles. The van der Waals surface area contributed by atoms with E-state index in [9.17, 15) is 0 Å². The summed E-state index contributed by atoms with van der Waals surface area (Å²) in [6, 6.07) is 39.4. The van der Waals surface area contributed by atoms with Crippen molar-refractivity contribution >= 4 is 10.9 Å². The fourth-order valence-corrected chi connectivity index (χ4v) is 6.63. The molecule has 0 spiro atoms. The maximum Gasteiger partial charge on any atom is 0.235 e. The van der Waals surface area contributed by atoms with Gasteiger partial charge in [0.15, 0.2) is 17.2 Å². The van der Waals surface area contributed by atoms with E-state index in [2.05, 4.69) is 18.4 Å². The Kier molecular flexibility index (Phi) is 12.7. The summed E-state index contributed by atoms with van der Waals surface area (Å²) in [4.78, 5) is 15.0. The van der Waals surface area contributed by atoms with E-state index < -0.39 is 0 Å². The molecule has 1 atom stereocenters. The van der Waals surface area contributed by atoms with Crippen LogP contribution in [0.1, 0.15) is 56.2 Å². The number of methoxy groups -OCH3 is 2. The lowest BCUT2D eigenvalue weighted by Crippen LogP contribution is -2.21. The molecule has 5 aromatic carbocycles. The fraction of sp³-hybridized carbons (Fsp3) is 0.283.